The maximum atomic E-state index is 13.6. The summed E-state index contributed by atoms with van der Waals surface area (Å²) in [5.41, 5.74) is 2.81. The Labute approximate surface area is 136 Å². The summed E-state index contributed by atoms with van der Waals surface area (Å²) < 4.78 is 13.6. The average Bonchev–Trinajstić information content (AvgIpc) is 2.55. The van der Waals surface area contributed by atoms with Gasteiger partial charge in [0.1, 0.15) is 5.82 Å². The monoisotopic (exact) mass is 321 g/mol. The molecule has 3 rings (SSSR count). The van der Waals surface area contributed by atoms with E-state index in [1.165, 1.54) is 6.07 Å². The summed E-state index contributed by atoms with van der Waals surface area (Å²) in [6.45, 7) is 2.60. The number of nitrogens with zero attached hydrogens (tertiary/aromatic N) is 1. The van der Waals surface area contributed by atoms with E-state index in [0.717, 1.165) is 37.3 Å². The fourth-order valence-electron chi connectivity index (χ4n) is 2.74. The third-order valence-electron chi connectivity index (χ3n) is 3.98. The van der Waals surface area contributed by atoms with Gasteiger partial charge in [0, 0.05) is 35.6 Å². The molecule has 1 aromatic heterocycles. The topological polar surface area (TPSA) is 37.0 Å². The summed E-state index contributed by atoms with van der Waals surface area (Å²) in [6.07, 6.45) is 4.09. The quantitative estimate of drug-likeness (QED) is 0.901. The van der Waals surface area contributed by atoms with E-state index in [1.807, 2.05) is 18.3 Å². The van der Waals surface area contributed by atoms with Gasteiger partial charge in [-0.1, -0.05) is 18.2 Å². The number of piperidine rings is 1. The van der Waals surface area contributed by atoms with Crippen LogP contribution >= 0.6 is 12.4 Å². The smallest absolute Gasteiger partial charge is 0.128 e. The van der Waals surface area contributed by atoms with Gasteiger partial charge in [-0.3, -0.25) is 4.98 Å². The zero-order valence-electron chi connectivity index (χ0n) is 12.4. The normalized spacial score (nSPS) is 15.1. The average molecular weight is 322 g/mol. The van der Waals surface area contributed by atoms with Gasteiger partial charge in [-0.2, -0.15) is 0 Å². The first-order valence-electron chi connectivity index (χ1n) is 7.47. The molecule has 5 heteroatoms. The number of rotatable bonds is 4. The van der Waals surface area contributed by atoms with Gasteiger partial charge in [0.2, 0.25) is 0 Å². The van der Waals surface area contributed by atoms with Crippen molar-refractivity contribution in [2.75, 3.05) is 18.4 Å². The highest BCUT2D eigenvalue weighted by atomic mass is 35.5. The number of anilines is 1. The molecule has 0 aliphatic carbocycles. The summed E-state index contributed by atoms with van der Waals surface area (Å²) >= 11 is 0. The van der Waals surface area contributed by atoms with Crippen LogP contribution in [0, 0.1) is 5.82 Å². The lowest BCUT2D eigenvalue weighted by Crippen LogP contribution is -2.27. The molecule has 0 spiro atoms. The van der Waals surface area contributed by atoms with Crippen LogP contribution < -0.4 is 10.6 Å². The molecule has 0 bridgehead atoms. The maximum Gasteiger partial charge on any atom is 0.128 e. The molecule has 2 aromatic rings. The molecule has 1 aliphatic heterocycles. The number of aromatic nitrogens is 1. The van der Waals surface area contributed by atoms with Crippen molar-refractivity contribution in [3.63, 3.8) is 0 Å². The third-order valence-corrected chi connectivity index (χ3v) is 3.98. The number of nitrogens with one attached hydrogen (secondary N) is 2. The molecule has 1 aliphatic rings. The number of benzene rings is 1. The number of pyridine rings is 1. The van der Waals surface area contributed by atoms with Crippen LogP contribution in [0.5, 0.6) is 0 Å². The zero-order chi connectivity index (χ0) is 14.5. The van der Waals surface area contributed by atoms with Crippen molar-refractivity contribution in [3.8, 4) is 0 Å². The van der Waals surface area contributed by atoms with E-state index < -0.39 is 0 Å². The van der Waals surface area contributed by atoms with E-state index in [-0.39, 0.29) is 18.2 Å². The molecule has 2 heterocycles. The first-order chi connectivity index (χ1) is 10.3. The van der Waals surface area contributed by atoms with Gasteiger partial charge in [-0.05, 0) is 44.1 Å². The molecule has 0 unspecified atom stereocenters. The molecule has 1 aromatic carbocycles. The first-order valence-corrected chi connectivity index (χ1v) is 7.47. The van der Waals surface area contributed by atoms with E-state index in [1.54, 1.807) is 12.1 Å². The van der Waals surface area contributed by atoms with Crippen LogP contribution in [0.1, 0.15) is 30.0 Å². The minimum atomic E-state index is -0.169. The number of hydrogen-bond donors (Lipinski definition) is 2. The van der Waals surface area contributed by atoms with Crippen LogP contribution in [-0.4, -0.2) is 18.1 Å². The van der Waals surface area contributed by atoms with Crippen LogP contribution in [0.15, 0.2) is 42.6 Å². The summed E-state index contributed by atoms with van der Waals surface area (Å²) in [7, 11) is 0. The van der Waals surface area contributed by atoms with E-state index in [9.17, 15) is 4.39 Å². The zero-order valence-corrected chi connectivity index (χ0v) is 13.2. The fourth-order valence-corrected chi connectivity index (χ4v) is 2.74. The Hall–Kier alpha value is -1.65. The Morgan fingerprint density at radius 1 is 1.18 bits per heavy atom. The van der Waals surface area contributed by atoms with Crippen molar-refractivity contribution in [3.05, 3.63) is 59.7 Å². The summed E-state index contributed by atoms with van der Waals surface area (Å²) in [4.78, 5) is 4.49. The fraction of sp³-hybridized carbons (Fsp3) is 0.353. The van der Waals surface area contributed by atoms with Crippen LogP contribution in [0.3, 0.4) is 0 Å². The predicted octanol–water partition coefficient (Wildman–Crippen LogP) is 3.72. The van der Waals surface area contributed by atoms with Gasteiger partial charge < -0.3 is 10.6 Å². The van der Waals surface area contributed by atoms with E-state index in [2.05, 4.69) is 21.7 Å². The molecule has 0 radical (unpaired) electrons. The SMILES string of the molecule is Cl.Fc1ccccc1CNc1ccnc(C2CCNCC2)c1. The van der Waals surface area contributed by atoms with Gasteiger partial charge in [-0.25, -0.2) is 4.39 Å². The van der Waals surface area contributed by atoms with Crippen molar-refractivity contribution >= 4 is 18.1 Å². The largest absolute Gasteiger partial charge is 0.381 e. The van der Waals surface area contributed by atoms with Crippen molar-refractivity contribution in [2.24, 2.45) is 0 Å². The molecule has 118 valence electrons. The second-order valence-corrected chi connectivity index (χ2v) is 5.44. The Balaban J connectivity index is 0.00000176. The Kier molecular flexibility index (Phi) is 6.16. The summed E-state index contributed by atoms with van der Waals surface area (Å²) in [5.74, 6) is 0.360. The molecule has 0 atom stereocenters. The Bertz CT molecular complexity index is 600. The first kappa shape index (κ1) is 16.7. The lowest BCUT2D eigenvalue weighted by atomic mass is 9.94. The number of hydrogen-bond acceptors (Lipinski definition) is 3. The molecular formula is C17H21ClFN3. The van der Waals surface area contributed by atoms with E-state index in [0.29, 0.717) is 18.0 Å². The second-order valence-electron chi connectivity index (χ2n) is 5.44. The minimum absolute atomic E-state index is 0. The molecule has 22 heavy (non-hydrogen) atoms. The summed E-state index contributed by atoms with van der Waals surface area (Å²) in [5, 5.41) is 6.65. The lowest BCUT2D eigenvalue weighted by molar-refractivity contribution is 0.453. The van der Waals surface area contributed by atoms with Gasteiger partial charge in [-0.15, -0.1) is 12.4 Å². The Morgan fingerprint density at radius 3 is 2.73 bits per heavy atom. The van der Waals surface area contributed by atoms with Crippen molar-refractivity contribution in [1.82, 2.24) is 10.3 Å². The third kappa shape index (κ3) is 4.18. The molecular weight excluding hydrogens is 301 g/mol. The molecule has 0 amide bonds. The molecule has 2 N–H and O–H groups in total. The van der Waals surface area contributed by atoms with Gasteiger partial charge >= 0.3 is 0 Å². The molecule has 3 nitrogen and oxygen atoms in total. The van der Waals surface area contributed by atoms with Gasteiger partial charge in [0.05, 0.1) is 0 Å². The van der Waals surface area contributed by atoms with Crippen molar-refractivity contribution < 1.29 is 4.39 Å². The van der Waals surface area contributed by atoms with Crippen LogP contribution in [0.4, 0.5) is 10.1 Å². The predicted molar refractivity (Wildman–Crippen MR) is 90.1 cm³/mol. The highest BCUT2D eigenvalue weighted by molar-refractivity contribution is 5.85. The maximum absolute atomic E-state index is 13.6. The highest BCUT2D eigenvalue weighted by Crippen LogP contribution is 2.25. The molecule has 1 fully saturated rings. The van der Waals surface area contributed by atoms with Gasteiger partial charge in [0.25, 0.3) is 0 Å². The second kappa shape index (κ2) is 8.11. The van der Waals surface area contributed by atoms with E-state index >= 15 is 0 Å². The summed E-state index contributed by atoms with van der Waals surface area (Å²) in [6, 6.07) is 10.9. The molecule has 1 saturated heterocycles. The van der Waals surface area contributed by atoms with Crippen LogP contribution in [0.25, 0.3) is 0 Å². The minimum Gasteiger partial charge on any atom is -0.381 e. The van der Waals surface area contributed by atoms with Crippen LogP contribution in [0.2, 0.25) is 0 Å². The molecule has 0 saturated carbocycles. The van der Waals surface area contributed by atoms with Crippen molar-refractivity contribution in [1.29, 1.82) is 0 Å². The highest BCUT2D eigenvalue weighted by Gasteiger charge is 2.16. The lowest BCUT2D eigenvalue weighted by Gasteiger charge is -2.22. The Morgan fingerprint density at radius 2 is 1.95 bits per heavy atom. The number of halogens is 2. The van der Waals surface area contributed by atoms with E-state index in [4.69, 9.17) is 0 Å². The van der Waals surface area contributed by atoms with Gasteiger partial charge in [0.15, 0.2) is 0 Å². The van der Waals surface area contributed by atoms with Crippen molar-refractivity contribution in [2.45, 2.75) is 25.3 Å². The standard InChI is InChI=1S/C17H20FN3.ClH/c18-16-4-2-1-3-14(16)12-21-15-7-10-20-17(11-15)13-5-8-19-9-6-13;/h1-4,7,10-11,13,19H,5-6,8-9,12H2,(H,20,21);1H. The van der Waals surface area contributed by atoms with Crippen LogP contribution in [-0.2, 0) is 6.54 Å².